The van der Waals surface area contributed by atoms with Gasteiger partial charge in [-0.05, 0) is 74.1 Å². The molecule has 0 saturated carbocycles. The van der Waals surface area contributed by atoms with E-state index in [0.29, 0.717) is 19.7 Å². The molecule has 32 heavy (non-hydrogen) atoms. The molecule has 1 amide bonds. The van der Waals surface area contributed by atoms with Gasteiger partial charge >= 0.3 is 0 Å². The SMILES string of the molecule is CCNC(=NCc1cccc(NC(=O)C2CCCO2)c1)NCCc1ccc(F)cc1C.I. The van der Waals surface area contributed by atoms with Gasteiger partial charge in [-0.1, -0.05) is 18.2 Å². The molecule has 174 valence electrons. The molecule has 8 heteroatoms. The van der Waals surface area contributed by atoms with Crippen LogP contribution >= 0.6 is 24.0 Å². The third-order valence-electron chi connectivity index (χ3n) is 5.17. The molecule has 0 aromatic heterocycles. The summed E-state index contributed by atoms with van der Waals surface area (Å²) in [4.78, 5) is 16.9. The predicted octanol–water partition coefficient (Wildman–Crippen LogP) is 4.17. The van der Waals surface area contributed by atoms with E-state index in [2.05, 4.69) is 20.9 Å². The van der Waals surface area contributed by atoms with Gasteiger partial charge in [-0.25, -0.2) is 9.38 Å². The summed E-state index contributed by atoms with van der Waals surface area (Å²) < 4.78 is 18.7. The Morgan fingerprint density at radius 2 is 2.06 bits per heavy atom. The summed E-state index contributed by atoms with van der Waals surface area (Å²) >= 11 is 0. The van der Waals surface area contributed by atoms with Crippen molar-refractivity contribution in [3.05, 3.63) is 65.0 Å². The van der Waals surface area contributed by atoms with Crippen molar-refractivity contribution < 1.29 is 13.9 Å². The number of hydrogen-bond acceptors (Lipinski definition) is 3. The monoisotopic (exact) mass is 554 g/mol. The minimum Gasteiger partial charge on any atom is -0.368 e. The normalized spacial score (nSPS) is 15.7. The second kappa shape index (κ2) is 13.4. The first kappa shape index (κ1) is 26.1. The van der Waals surface area contributed by atoms with E-state index in [4.69, 9.17) is 4.74 Å². The average molecular weight is 554 g/mol. The van der Waals surface area contributed by atoms with Gasteiger partial charge in [0.15, 0.2) is 5.96 Å². The van der Waals surface area contributed by atoms with E-state index in [1.807, 2.05) is 44.2 Å². The number of rotatable bonds is 8. The fourth-order valence-electron chi connectivity index (χ4n) is 3.52. The van der Waals surface area contributed by atoms with E-state index in [9.17, 15) is 9.18 Å². The number of ether oxygens (including phenoxy) is 1. The van der Waals surface area contributed by atoms with Crippen molar-refractivity contribution in [2.24, 2.45) is 4.99 Å². The number of nitrogens with one attached hydrogen (secondary N) is 3. The zero-order valence-electron chi connectivity index (χ0n) is 18.6. The standard InChI is InChI=1S/C24H31FN4O2.HI/c1-3-26-24(27-12-11-19-9-10-20(25)14-17(19)2)28-16-18-6-4-7-21(15-18)29-23(30)22-8-5-13-31-22;/h4,6-7,9-10,14-15,22H,3,5,8,11-13,16H2,1-2H3,(H,29,30)(H2,26,27,28);1H. The molecule has 2 aromatic rings. The van der Waals surface area contributed by atoms with E-state index in [1.54, 1.807) is 6.07 Å². The first-order valence-electron chi connectivity index (χ1n) is 10.8. The summed E-state index contributed by atoms with van der Waals surface area (Å²) in [5.41, 5.74) is 3.81. The molecule has 1 saturated heterocycles. The van der Waals surface area contributed by atoms with E-state index in [-0.39, 0.29) is 41.8 Å². The number of nitrogens with zero attached hydrogens (tertiary/aromatic N) is 1. The van der Waals surface area contributed by atoms with Gasteiger partial charge in [0.1, 0.15) is 11.9 Å². The van der Waals surface area contributed by atoms with Crippen LogP contribution < -0.4 is 16.0 Å². The molecule has 3 N–H and O–H groups in total. The fraction of sp³-hybridized carbons (Fsp3) is 0.417. The van der Waals surface area contributed by atoms with Crippen molar-refractivity contribution in [1.82, 2.24) is 10.6 Å². The lowest BCUT2D eigenvalue weighted by Crippen LogP contribution is -2.38. The van der Waals surface area contributed by atoms with Gasteiger partial charge in [-0.3, -0.25) is 4.79 Å². The predicted molar refractivity (Wildman–Crippen MR) is 137 cm³/mol. The van der Waals surface area contributed by atoms with Gasteiger partial charge in [-0.15, -0.1) is 24.0 Å². The van der Waals surface area contributed by atoms with Crippen LogP contribution in [0.15, 0.2) is 47.5 Å². The summed E-state index contributed by atoms with van der Waals surface area (Å²) in [6.07, 6.45) is 2.12. The van der Waals surface area contributed by atoms with Crippen LogP contribution in [0.4, 0.5) is 10.1 Å². The van der Waals surface area contributed by atoms with Gasteiger partial charge in [0, 0.05) is 25.4 Å². The fourth-order valence-corrected chi connectivity index (χ4v) is 3.52. The second-order valence-electron chi connectivity index (χ2n) is 7.63. The molecule has 0 bridgehead atoms. The topological polar surface area (TPSA) is 74.8 Å². The Balaban J connectivity index is 0.00000363. The largest absolute Gasteiger partial charge is 0.368 e. The molecular weight excluding hydrogens is 522 g/mol. The minimum absolute atomic E-state index is 0. The number of amides is 1. The number of carbonyl (C=O) groups excluding carboxylic acids is 1. The minimum atomic E-state index is -0.351. The van der Waals surface area contributed by atoms with Gasteiger partial charge in [0.05, 0.1) is 6.54 Å². The highest BCUT2D eigenvalue weighted by Crippen LogP contribution is 2.16. The molecular formula is C24H32FIN4O2. The number of halogens is 2. The molecule has 0 aliphatic carbocycles. The van der Waals surface area contributed by atoms with Gasteiger partial charge < -0.3 is 20.7 Å². The zero-order valence-corrected chi connectivity index (χ0v) is 20.9. The average Bonchev–Trinajstić information content (AvgIpc) is 3.29. The van der Waals surface area contributed by atoms with Crippen LogP contribution in [0.3, 0.4) is 0 Å². The number of carbonyl (C=O) groups is 1. The Morgan fingerprint density at radius 3 is 2.78 bits per heavy atom. The van der Waals surface area contributed by atoms with Crippen LogP contribution in [-0.4, -0.2) is 37.7 Å². The molecule has 1 fully saturated rings. The Morgan fingerprint density at radius 1 is 1.22 bits per heavy atom. The van der Waals surface area contributed by atoms with E-state index in [0.717, 1.165) is 54.1 Å². The van der Waals surface area contributed by atoms with Crippen molar-refractivity contribution >= 4 is 41.5 Å². The van der Waals surface area contributed by atoms with Crippen molar-refractivity contribution in [3.63, 3.8) is 0 Å². The summed E-state index contributed by atoms with van der Waals surface area (Å²) in [6, 6.07) is 12.6. The van der Waals surface area contributed by atoms with Crippen molar-refractivity contribution in [2.45, 2.75) is 45.8 Å². The summed E-state index contributed by atoms with van der Waals surface area (Å²) in [5.74, 6) is 0.415. The first-order valence-corrected chi connectivity index (χ1v) is 10.8. The molecule has 1 aliphatic rings. The number of benzene rings is 2. The third-order valence-corrected chi connectivity index (χ3v) is 5.17. The molecule has 1 unspecified atom stereocenters. The smallest absolute Gasteiger partial charge is 0.253 e. The third kappa shape index (κ3) is 8.05. The molecule has 1 aliphatic heterocycles. The van der Waals surface area contributed by atoms with E-state index in [1.165, 1.54) is 6.07 Å². The Bertz CT molecular complexity index is 917. The van der Waals surface area contributed by atoms with Crippen LogP contribution in [0.5, 0.6) is 0 Å². The Hall–Kier alpha value is -2.20. The lowest BCUT2D eigenvalue weighted by molar-refractivity contribution is -0.124. The summed E-state index contributed by atoms with van der Waals surface area (Å²) in [6.45, 7) is 6.50. The number of hydrogen-bond donors (Lipinski definition) is 3. The highest BCUT2D eigenvalue weighted by atomic mass is 127. The zero-order chi connectivity index (χ0) is 22.1. The number of aryl methyl sites for hydroxylation is 1. The Kier molecular flexibility index (Phi) is 10.9. The summed E-state index contributed by atoms with van der Waals surface area (Å²) in [7, 11) is 0. The van der Waals surface area contributed by atoms with Crippen LogP contribution in [0, 0.1) is 12.7 Å². The molecule has 0 radical (unpaired) electrons. The highest BCUT2D eigenvalue weighted by molar-refractivity contribution is 14.0. The Labute approximate surface area is 206 Å². The van der Waals surface area contributed by atoms with Crippen LogP contribution in [0.25, 0.3) is 0 Å². The van der Waals surface area contributed by atoms with Gasteiger partial charge in [0.25, 0.3) is 5.91 Å². The van der Waals surface area contributed by atoms with Crippen molar-refractivity contribution in [3.8, 4) is 0 Å². The first-order chi connectivity index (χ1) is 15.0. The van der Waals surface area contributed by atoms with Crippen LogP contribution in [0.1, 0.15) is 36.5 Å². The lowest BCUT2D eigenvalue weighted by atomic mass is 10.1. The van der Waals surface area contributed by atoms with Crippen molar-refractivity contribution in [1.29, 1.82) is 0 Å². The van der Waals surface area contributed by atoms with Gasteiger partial charge in [0.2, 0.25) is 0 Å². The number of guanidine groups is 1. The maximum absolute atomic E-state index is 13.3. The van der Waals surface area contributed by atoms with E-state index < -0.39 is 0 Å². The molecule has 0 spiro atoms. The number of anilines is 1. The quantitative estimate of drug-likeness (QED) is 0.260. The summed E-state index contributed by atoms with van der Waals surface area (Å²) in [5, 5.41) is 9.49. The second-order valence-corrected chi connectivity index (χ2v) is 7.63. The molecule has 1 heterocycles. The van der Waals surface area contributed by atoms with Crippen molar-refractivity contribution in [2.75, 3.05) is 25.0 Å². The maximum atomic E-state index is 13.3. The molecule has 1 atom stereocenters. The molecule has 3 rings (SSSR count). The maximum Gasteiger partial charge on any atom is 0.253 e. The highest BCUT2D eigenvalue weighted by Gasteiger charge is 2.23. The lowest BCUT2D eigenvalue weighted by Gasteiger charge is -2.13. The number of aliphatic imine (C=N–C) groups is 1. The van der Waals surface area contributed by atoms with Gasteiger partial charge in [-0.2, -0.15) is 0 Å². The molecule has 2 aromatic carbocycles. The van der Waals surface area contributed by atoms with E-state index >= 15 is 0 Å². The van der Waals surface area contributed by atoms with Crippen LogP contribution in [-0.2, 0) is 22.5 Å². The molecule has 6 nitrogen and oxygen atoms in total. The van der Waals surface area contributed by atoms with Crippen LogP contribution in [0.2, 0.25) is 0 Å².